The smallest absolute Gasteiger partial charge is 0.459 e. The van der Waals surface area contributed by atoms with E-state index in [1.165, 1.54) is 50.1 Å². The number of hydrogen-bond acceptors (Lipinski definition) is 13. The molecular formula is C28H37ClN7O8P. The molecule has 0 bridgehead atoms. The molecule has 2 saturated carbocycles. The number of aliphatic hydroxyl groups excluding tert-OH is 1. The van der Waals surface area contributed by atoms with E-state index in [0.29, 0.717) is 22.0 Å². The van der Waals surface area contributed by atoms with Crippen LogP contribution in [0.4, 0.5) is 5.82 Å². The molecule has 1 saturated heterocycles. The lowest BCUT2D eigenvalue weighted by atomic mass is 9.96. The second kappa shape index (κ2) is 12.0. The Morgan fingerprint density at radius 3 is 2.60 bits per heavy atom. The van der Waals surface area contributed by atoms with Gasteiger partial charge >= 0.3 is 13.7 Å². The first-order chi connectivity index (χ1) is 21.3. The largest absolute Gasteiger partial charge is 0.461 e. The highest BCUT2D eigenvalue weighted by atomic mass is 35.5. The molecule has 6 rings (SSSR count). The van der Waals surface area contributed by atoms with Crippen molar-refractivity contribution < 1.29 is 38.1 Å². The molecule has 0 radical (unpaired) electrons. The number of ether oxygens (including phenoxy) is 2. The fourth-order valence-electron chi connectivity index (χ4n) is 5.17. The van der Waals surface area contributed by atoms with Crippen molar-refractivity contribution in [1.29, 1.82) is 0 Å². The van der Waals surface area contributed by atoms with Gasteiger partial charge in [-0.05, 0) is 77.1 Å². The number of carbonyl (C=O) groups excluding carboxylic acids is 1. The zero-order chi connectivity index (χ0) is 32.1. The molecule has 244 valence electrons. The first kappa shape index (κ1) is 32.1. The predicted molar refractivity (Wildman–Crippen MR) is 162 cm³/mol. The number of nitrogens with zero attached hydrogens (tertiary/aromatic N) is 5. The molecule has 3 fully saturated rings. The van der Waals surface area contributed by atoms with E-state index in [1.807, 2.05) is 0 Å². The standard InChI is InChI=1S/C28H37ClN7O8P/c1-27(2,26(38)42-18-5-4-6-18)34-45(40,44-19-11-7-16(29)8-12-19)41-13-20-22(37)28(3,39)25(43-20)35-15-33-21-23(35)31-14-32-24(21)36(30)17-9-10-17/h7-8,11-12,14-15,17-18,20,22,25,37,39H,4-6,9-10,13,30H2,1-3H3,(H,34,40)/t20?,22-,25?,28-,45?/m1/s1. The Morgan fingerprint density at radius 1 is 1.24 bits per heavy atom. The third-order valence-electron chi connectivity index (χ3n) is 8.23. The van der Waals surface area contributed by atoms with Gasteiger partial charge in [0.25, 0.3) is 0 Å². The van der Waals surface area contributed by atoms with E-state index in [2.05, 4.69) is 20.0 Å². The highest BCUT2D eigenvalue weighted by Gasteiger charge is 2.54. The normalized spacial score (nSPS) is 26.8. The minimum Gasteiger partial charge on any atom is -0.461 e. The molecular weight excluding hydrogens is 629 g/mol. The maximum absolute atomic E-state index is 14.2. The molecule has 0 spiro atoms. The van der Waals surface area contributed by atoms with E-state index in [9.17, 15) is 19.6 Å². The summed E-state index contributed by atoms with van der Waals surface area (Å²) in [7, 11) is -4.35. The molecule has 3 aromatic rings. The fraction of sp³-hybridized carbons (Fsp3) is 0.571. The number of carbonyl (C=O) groups is 1. The van der Waals surface area contributed by atoms with Gasteiger partial charge in [-0.25, -0.2) is 25.4 Å². The number of aromatic nitrogens is 4. The molecule has 5 N–H and O–H groups in total. The zero-order valence-corrected chi connectivity index (χ0v) is 26.7. The quantitative estimate of drug-likeness (QED) is 0.0953. The monoisotopic (exact) mass is 665 g/mol. The average Bonchev–Trinajstić information content (AvgIpc) is 3.69. The lowest BCUT2D eigenvalue weighted by molar-refractivity contribution is -0.159. The van der Waals surface area contributed by atoms with Crippen LogP contribution in [0.5, 0.6) is 5.75 Å². The van der Waals surface area contributed by atoms with E-state index >= 15 is 0 Å². The van der Waals surface area contributed by atoms with Gasteiger partial charge < -0.3 is 24.2 Å². The molecule has 3 heterocycles. The molecule has 17 heteroatoms. The van der Waals surface area contributed by atoms with Crippen molar-refractivity contribution in [3.63, 3.8) is 0 Å². The van der Waals surface area contributed by atoms with Crippen molar-refractivity contribution in [2.45, 2.75) is 94.6 Å². The van der Waals surface area contributed by atoms with Gasteiger partial charge in [-0.15, -0.1) is 0 Å². The van der Waals surface area contributed by atoms with Crippen LogP contribution in [0.2, 0.25) is 5.02 Å². The van der Waals surface area contributed by atoms with Gasteiger partial charge in [0.2, 0.25) is 0 Å². The summed E-state index contributed by atoms with van der Waals surface area (Å²) in [5.41, 5.74) is -2.60. The maximum atomic E-state index is 14.2. The Hall–Kier alpha value is -2.88. The molecule has 1 aliphatic heterocycles. The van der Waals surface area contributed by atoms with Gasteiger partial charge in [0, 0.05) is 11.1 Å². The van der Waals surface area contributed by atoms with Crippen LogP contribution < -0.4 is 20.5 Å². The zero-order valence-electron chi connectivity index (χ0n) is 25.1. The number of rotatable bonds is 12. The topological polar surface area (TPSA) is 196 Å². The first-order valence-electron chi connectivity index (χ1n) is 14.7. The van der Waals surface area contributed by atoms with Crippen LogP contribution in [0.25, 0.3) is 11.2 Å². The van der Waals surface area contributed by atoms with Crippen molar-refractivity contribution in [2.75, 3.05) is 11.6 Å². The number of benzene rings is 1. The molecule has 2 aromatic heterocycles. The number of nitrogens with one attached hydrogen (secondary N) is 1. The fourth-order valence-corrected chi connectivity index (χ4v) is 6.97. The SMILES string of the molecule is CC(C)(NP(=O)(OCC1OC(n2cnc3c(N(N)C4CC4)ncnc32)[C@](C)(O)[C@@H]1O)Oc1ccc(Cl)cc1)C(=O)OC1CCC1. The number of halogens is 1. The van der Waals surface area contributed by atoms with Crippen molar-refractivity contribution in [3.05, 3.63) is 41.9 Å². The summed E-state index contributed by atoms with van der Waals surface area (Å²) in [5.74, 6) is 6.20. The van der Waals surface area contributed by atoms with Crippen molar-refractivity contribution in [3.8, 4) is 5.75 Å². The maximum Gasteiger partial charge on any atom is 0.459 e. The third-order valence-corrected chi connectivity index (χ3v) is 10.3. The molecule has 1 aromatic carbocycles. The van der Waals surface area contributed by atoms with Crippen LogP contribution in [0, 0.1) is 0 Å². The van der Waals surface area contributed by atoms with Crippen LogP contribution in [-0.4, -0.2) is 77.8 Å². The number of aliphatic hydroxyl groups is 2. The number of imidazole rings is 1. The van der Waals surface area contributed by atoms with Gasteiger partial charge in [-0.1, -0.05) is 11.6 Å². The summed E-state index contributed by atoms with van der Waals surface area (Å²) in [6.45, 7) is 3.91. The first-order valence-corrected chi connectivity index (χ1v) is 16.7. The van der Waals surface area contributed by atoms with Crippen molar-refractivity contribution in [1.82, 2.24) is 24.6 Å². The Labute approximate surface area is 264 Å². The Balaban J connectivity index is 1.22. The Bertz CT molecular complexity index is 1600. The third kappa shape index (κ3) is 6.54. The van der Waals surface area contributed by atoms with Gasteiger partial charge in [-0.3, -0.25) is 18.9 Å². The summed E-state index contributed by atoms with van der Waals surface area (Å²) >= 11 is 6.00. The van der Waals surface area contributed by atoms with Gasteiger partial charge in [0.05, 0.1) is 12.9 Å². The summed E-state index contributed by atoms with van der Waals surface area (Å²) in [4.78, 5) is 26.0. The van der Waals surface area contributed by atoms with Crippen LogP contribution >= 0.6 is 19.3 Å². The van der Waals surface area contributed by atoms with Crippen LogP contribution in [0.3, 0.4) is 0 Å². The number of nitrogens with two attached hydrogens (primary N) is 1. The van der Waals surface area contributed by atoms with E-state index in [4.69, 9.17) is 36.0 Å². The number of esters is 1. The number of anilines is 1. The van der Waals surface area contributed by atoms with E-state index in [-0.39, 0.29) is 17.9 Å². The summed E-state index contributed by atoms with van der Waals surface area (Å²) < 4.78 is 38.8. The number of hydrazine groups is 1. The Morgan fingerprint density at radius 2 is 1.96 bits per heavy atom. The second-order valence-corrected chi connectivity index (χ2v) is 14.5. The molecule has 15 nitrogen and oxygen atoms in total. The molecule has 2 aliphatic carbocycles. The average molecular weight is 666 g/mol. The molecule has 3 aliphatic rings. The molecule has 0 amide bonds. The van der Waals surface area contributed by atoms with Crippen LogP contribution in [-0.2, 0) is 23.4 Å². The van der Waals surface area contributed by atoms with Gasteiger partial charge in [-0.2, -0.15) is 5.09 Å². The summed E-state index contributed by atoms with van der Waals surface area (Å²) in [6, 6.07) is 6.23. The van der Waals surface area contributed by atoms with Crippen molar-refractivity contribution in [2.24, 2.45) is 5.84 Å². The molecule has 45 heavy (non-hydrogen) atoms. The summed E-state index contributed by atoms with van der Waals surface area (Å²) in [6.07, 6.45) is 3.09. The van der Waals surface area contributed by atoms with E-state index < -0.39 is 49.9 Å². The van der Waals surface area contributed by atoms with E-state index in [1.54, 1.807) is 17.1 Å². The highest BCUT2D eigenvalue weighted by Crippen LogP contribution is 2.49. The molecule has 5 atom stereocenters. The van der Waals surface area contributed by atoms with Crippen molar-refractivity contribution >= 4 is 42.3 Å². The lowest BCUT2D eigenvalue weighted by Gasteiger charge is -2.33. The minimum absolute atomic E-state index is 0.150. The number of fused-ring (bicyclic) bond motifs is 1. The number of hydrogen-bond donors (Lipinski definition) is 4. The van der Waals surface area contributed by atoms with Gasteiger partial charge in [0.15, 0.2) is 23.2 Å². The second-order valence-electron chi connectivity index (χ2n) is 12.4. The van der Waals surface area contributed by atoms with Crippen LogP contribution in [0.15, 0.2) is 36.9 Å². The predicted octanol–water partition coefficient (Wildman–Crippen LogP) is 3.00. The van der Waals surface area contributed by atoms with Crippen LogP contribution in [0.1, 0.15) is 59.1 Å². The van der Waals surface area contributed by atoms with Gasteiger partial charge in [0.1, 0.15) is 41.5 Å². The highest BCUT2D eigenvalue weighted by molar-refractivity contribution is 7.52. The summed E-state index contributed by atoms with van der Waals surface area (Å²) in [5, 5.41) is 27.3. The Kier molecular flexibility index (Phi) is 8.59. The lowest BCUT2D eigenvalue weighted by Crippen LogP contribution is -2.49. The molecule has 3 unspecified atom stereocenters. The minimum atomic E-state index is -4.35. The van der Waals surface area contributed by atoms with E-state index in [0.717, 1.165) is 32.1 Å².